The zero-order valence-electron chi connectivity index (χ0n) is 5.00. The van der Waals surface area contributed by atoms with Crippen LogP contribution in [-0.4, -0.2) is 20.7 Å². The van der Waals surface area contributed by atoms with E-state index >= 15 is 0 Å². The Morgan fingerprint density at radius 3 is 2.20 bits per heavy atom. The number of carbonyl (C=O) groups is 1. The number of halogens is 1. The van der Waals surface area contributed by atoms with Crippen LogP contribution in [0, 0.1) is 0 Å². The molecular weight excluding hydrogens is 259 g/mol. The van der Waals surface area contributed by atoms with Crippen molar-refractivity contribution < 1.29 is 4.79 Å². The summed E-state index contributed by atoms with van der Waals surface area (Å²) in [6.45, 7) is 0. The zero-order chi connectivity index (χ0) is 7.56. The van der Waals surface area contributed by atoms with E-state index in [1.54, 1.807) is 12.1 Å². The minimum atomic E-state index is -0.0208. The molecule has 0 saturated heterocycles. The summed E-state index contributed by atoms with van der Waals surface area (Å²) in [5.74, 6) is 0. The third-order valence-corrected chi connectivity index (χ3v) is 2.10. The van der Waals surface area contributed by atoms with Crippen LogP contribution in [0.2, 0.25) is 0 Å². The molecule has 0 aliphatic carbocycles. The zero-order valence-corrected chi connectivity index (χ0v) is 8.30. The SMILES string of the molecule is O=C([Se])c1ccc(Br)cc1. The molecule has 1 aromatic rings. The van der Waals surface area contributed by atoms with Crippen molar-refractivity contribution in [3.63, 3.8) is 0 Å². The van der Waals surface area contributed by atoms with E-state index in [9.17, 15) is 4.79 Å². The molecule has 0 aliphatic rings. The van der Waals surface area contributed by atoms with Gasteiger partial charge in [-0.1, -0.05) is 0 Å². The Bertz CT molecular complexity index is 242. The van der Waals surface area contributed by atoms with Crippen LogP contribution in [-0.2, 0) is 0 Å². The van der Waals surface area contributed by atoms with Crippen LogP contribution in [0.1, 0.15) is 10.4 Å². The van der Waals surface area contributed by atoms with E-state index in [-0.39, 0.29) is 4.68 Å². The van der Waals surface area contributed by atoms with Crippen LogP contribution in [0.5, 0.6) is 0 Å². The molecule has 0 bridgehead atoms. The first-order valence-corrected chi connectivity index (χ1v) is 4.32. The van der Waals surface area contributed by atoms with Crippen molar-refractivity contribution >= 4 is 36.6 Å². The average Bonchev–Trinajstić information content (AvgIpc) is 1.88. The first-order valence-electron chi connectivity index (χ1n) is 2.67. The Morgan fingerprint density at radius 1 is 1.30 bits per heavy atom. The molecule has 0 atom stereocenters. The molecule has 0 aliphatic heterocycles. The summed E-state index contributed by atoms with van der Waals surface area (Å²) in [7, 11) is 0. The molecule has 0 aromatic heterocycles. The summed E-state index contributed by atoms with van der Waals surface area (Å²) in [4.78, 5) is 10.7. The van der Waals surface area contributed by atoms with E-state index in [0.29, 0.717) is 5.56 Å². The van der Waals surface area contributed by atoms with Crippen LogP contribution < -0.4 is 0 Å². The van der Waals surface area contributed by atoms with Gasteiger partial charge in [0.25, 0.3) is 0 Å². The van der Waals surface area contributed by atoms with Crippen molar-refractivity contribution in [2.75, 3.05) is 0 Å². The van der Waals surface area contributed by atoms with Gasteiger partial charge in [-0.05, 0) is 0 Å². The monoisotopic (exact) mass is 263 g/mol. The van der Waals surface area contributed by atoms with Gasteiger partial charge in [0, 0.05) is 0 Å². The number of benzene rings is 1. The summed E-state index contributed by atoms with van der Waals surface area (Å²) < 4.78 is 0.963. The Balaban J connectivity index is 3.00. The van der Waals surface area contributed by atoms with E-state index < -0.39 is 0 Å². The number of hydrogen-bond donors (Lipinski definition) is 0. The van der Waals surface area contributed by atoms with Crippen molar-refractivity contribution in [3.8, 4) is 0 Å². The van der Waals surface area contributed by atoms with Gasteiger partial charge < -0.3 is 0 Å². The molecule has 51 valence electrons. The van der Waals surface area contributed by atoms with Crippen LogP contribution in [0.3, 0.4) is 0 Å². The molecule has 3 heteroatoms. The van der Waals surface area contributed by atoms with Crippen molar-refractivity contribution in [1.82, 2.24) is 0 Å². The van der Waals surface area contributed by atoms with E-state index in [0.717, 1.165) is 4.47 Å². The topological polar surface area (TPSA) is 17.1 Å². The molecule has 0 amide bonds. The molecular formula is C7H4BrOSe. The van der Waals surface area contributed by atoms with Crippen LogP contribution in [0.25, 0.3) is 0 Å². The molecule has 0 saturated carbocycles. The van der Waals surface area contributed by atoms with E-state index in [4.69, 9.17) is 0 Å². The average molecular weight is 263 g/mol. The van der Waals surface area contributed by atoms with Crippen molar-refractivity contribution in [1.29, 1.82) is 0 Å². The minimum absolute atomic E-state index is 0.0208. The summed E-state index contributed by atoms with van der Waals surface area (Å²) in [5, 5.41) is 0. The molecule has 0 fully saturated rings. The third-order valence-electron chi connectivity index (χ3n) is 1.08. The van der Waals surface area contributed by atoms with Crippen LogP contribution in [0.4, 0.5) is 0 Å². The second-order valence-corrected chi connectivity index (χ2v) is 3.49. The Labute approximate surface area is 75.8 Å². The Kier molecular flexibility index (Phi) is 2.66. The van der Waals surface area contributed by atoms with Gasteiger partial charge in [0.15, 0.2) is 0 Å². The molecule has 0 heterocycles. The molecule has 0 spiro atoms. The van der Waals surface area contributed by atoms with Crippen molar-refractivity contribution in [2.24, 2.45) is 0 Å². The van der Waals surface area contributed by atoms with Gasteiger partial charge in [-0.2, -0.15) is 0 Å². The normalized spacial score (nSPS) is 9.30. The van der Waals surface area contributed by atoms with Crippen molar-refractivity contribution in [3.05, 3.63) is 34.3 Å². The van der Waals surface area contributed by atoms with Gasteiger partial charge in [0.05, 0.1) is 0 Å². The van der Waals surface area contributed by atoms with Crippen molar-refractivity contribution in [2.45, 2.75) is 0 Å². The van der Waals surface area contributed by atoms with E-state index in [1.165, 1.54) is 0 Å². The predicted molar refractivity (Wildman–Crippen MR) is 44.2 cm³/mol. The second kappa shape index (κ2) is 3.33. The molecule has 0 unspecified atom stereocenters. The quantitative estimate of drug-likeness (QED) is 0.705. The van der Waals surface area contributed by atoms with Gasteiger partial charge in [-0.25, -0.2) is 0 Å². The van der Waals surface area contributed by atoms with Crippen LogP contribution in [0.15, 0.2) is 28.7 Å². The fraction of sp³-hybridized carbons (Fsp3) is 0. The van der Waals surface area contributed by atoms with Crippen LogP contribution >= 0.6 is 15.9 Å². The number of carbonyl (C=O) groups excluding carboxylic acids is 1. The van der Waals surface area contributed by atoms with Gasteiger partial charge in [-0.3, -0.25) is 0 Å². The Hall–Kier alpha value is -0.111. The van der Waals surface area contributed by atoms with E-state index in [1.807, 2.05) is 12.1 Å². The molecule has 1 nitrogen and oxygen atoms in total. The fourth-order valence-electron chi connectivity index (χ4n) is 0.586. The fourth-order valence-corrected chi connectivity index (χ4v) is 1.14. The molecule has 1 rings (SSSR count). The van der Waals surface area contributed by atoms with E-state index in [2.05, 4.69) is 31.9 Å². The Morgan fingerprint density at radius 2 is 1.80 bits per heavy atom. The number of rotatable bonds is 1. The maximum atomic E-state index is 10.7. The molecule has 0 N–H and O–H groups in total. The second-order valence-electron chi connectivity index (χ2n) is 1.79. The molecule has 1 aromatic carbocycles. The standard InChI is InChI=1S/C7H4BrOSe/c8-6-3-1-5(2-4-6)7(9)10/h1-4H. The summed E-state index contributed by atoms with van der Waals surface area (Å²) >= 11 is 5.69. The van der Waals surface area contributed by atoms with Gasteiger partial charge in [0.2, 0.25) is 0 Å². The van der Waals surface area contributed by atoms with Gasteiger partial charge in [-0.15, -0.1) is 0 Å². The molecule has 10 heavy (non-hydrogen) atoms. The first-order chi connectivity index (χ1) is 4.70. The molecule has 1 radical (unpaired) electrons. The number of hydrogen-bond acceptors (Lipinski definition) is 1. The van der Waals surface area contributed by atoms with Gasteiger partial charge >= 0.3 is 75.7 Å². The van der Waals surface area contributed by atoms with Gasteiger partial charge in [0.1, 0.15) is 0 Å². The maximum absolute atomic E-state index is 10.7. The third kappa shape index (κ3) is 1.94. The first kappa shape index (κ1) is 7.99. The predicted octanol–water partition coefficient (Wildman–Crippen LogP) is 1.76. The summed E-state index contributed by atoms with van der Waals surface area (Å²) in [6.07, 6.45) is 0. The summed E-state index contributed by atoms with van der Waals surface area (Å²) in [6, 6.07) is 7.21. The summed E-state index contributed by atoms with van der Waals surface area (Å²) in [5.41, 5.74) is 0.697.